The molecule has 0 amide bonds. The first-order valence-corrected chi connectivity index (χ1v) is 24.9. The summed E-state index contributed by atoms with van der Waals surface area (Å²) in [5.74, 6) is 1.65. The highest BCUT2D eigenvalue weighted by molar-refractivity contribution is 6.12. The Morgan fingerprint density at radius 2 is 0.929 bits per heavy atom. The van der Waals surface area contributed by atoms with E-state index in [-0.39, 0.29) is 0 Å². The number of para-hydroxylation sites is 4. The molecule has 0 bridgehead atoms. The summed E-state index contributed by atoms with van der Waals surface area (Å²) in [6.07, 6.45) is 6.09. The van der Waals surface area contributed by atoms with E-state index in [1.807, 2.05) is 6.20 Å². The van der Waals surface area contributed by atoms with Crippen molar-refractivity contribution in [3.63, 3.8) is 0 Å². The molecule has 340 valence electrons. The number of rotatable bonds is 11. The van der Waals surface area contributed by atoms with Gasteiger partial charge < -0.3 is 9.13 Å². The third kappa shape index (κ3) is 7.52. The monoisotopic (exact) mass is 904 g/mol. The third-order valence-corrected chi connectivity index (χ3v) is 14.9. The van der Waals surface area contributed by atoms with Gasteiger partial charge in [-0.2, -0.15) is 0 Å². The van der Waals surface area contributed by atoms with Crippen molar-refractivity contribution in [1.82, 2.24) is 18.7 Å². The number of benzene rings is 9. The lowest BCUT2D eigenvalue weighted by atomic mass is 9.82. The van der Waals surface area contributed by atoms with Crippen LogP contribution in [0.4, 0.5) is 0 Å². The van der Waals surface area contributed by atoms with Crippen LogP contribution in [0.5, 0.6) is 0 Å². The predicted molar refractivity (Wildman–Crippen MR) is 295 cm³/mol. The molecular formula is C66H56N4. The molecule has 0 spiro atoms. The zero-order valence-electron chi connectivity index (χ0n) is 40.6. The van der Waals surface area contributed by atoms with Gasteiger partial charge in [-0.1, -0.05) is 153 Å². The summed E-state index contributed by atoms with van der Waals surface area (Å²) in [6, 6.07) is 74.4. The maximum absolute atomic E-state index is 4.87. The highest BCUT2D eigenvalue weighted by Crippen LogP contribution is 2.41. The molecule has 9 aromatic carbocycles. The Morgan fingerprint density at radius 3 is 1.46 bits per heavy atom. The van der Waals surface area contributed by atoms with E-state index in [0.717, 1.165) is 24.2 Å². The van der Waals surface area contributed by atoms with E-state index < -0.39 is 0 Å². The van der Waals surface area contributed by atoms with Crippen molar-refractivity contribution in [3.8, 4) is 50.7 Å². The van der Waals surface area contributed by atoms with Gasteiger partial charge in [0.1, 0.15) is 5.82 Å². The molecule has 0 aliphatic carbocycles. The van der Waals surface area contributed by atoms with Crippen LogP contribution < -0.4 is 0 Å². The minimum absolute atomic E-state index is 0.294. The van der Waals surface area contributed by atoms with Gasteiger partial charge in [0, 0.05) is 50.9 Å². The average molecular weight is 905 g/mol. The molecule has 4 nitrogen and oxygen atoms in total. The fourth-order valence-electron chi connectivity index (χ4n) is 11.5. The van der Waals surface area contributed by atoms with Gasteiger partial charge in [-0.3, -0.25) is 4.57 Å². The quantitative estimate of drug-likeness (QED) is 0.127. The van der Waals surface area contributed by atoms with Gasteiger partial charge >= 0.3 is 0 Å². The van der Waals surface area contributed by atoms with Crippen LogP contribution in [-0.2, 0) is 0 Å². The van der Waals surface area contributed by atoms with Gasteiger partial charge in [-0.05, 0) is 157 Å². The van der Waals surface area contributed by atoms with Crippen molar-refractivity contribution in [2.45, 2.75) is 59.3 Å². The van der Waals surface area contributed by atoms with E-state index in [1.54, 1.807) is 0 Å². The molecule has 3 aromatic heterocycles. The lowest BCUT2D eigenvalue weighted by Crippen LogP contribution is -2.05. The smallest absolute Gasteiger partial charge is 0.144 e. The first kappa shape index (κ1) is 43.1. The minimum Gasteiger partial charge on any atom is -0.309 e. The Bertz CT molecular complexity index is 3690. The highest BCUT2D eigenvalue weighted by Gasteiger charge is 2.21. The maximum atomic E-state index is 4.87. The third-order valence-electron chi connectivity index (χ3n) is 14.9. The standard InChI is InChI=1S/C66H56N4/c1-6-47(48-25-27-49(28-26-48)66-67-33-34-68(66)65-45(4)35-43(2)36-46(65)5)37-44(3)52-38-53(50-29-31-63-59(41-50)57-21-13-15-23-61(57)69(63)55-17-9-7-10-18-55)40-54(39-52)51-30-32-64-60(42-51)58-22-14-16-24-62(58)70(64)56-19-11-8-12-20-56/h7-36,38-42,44,47H,6,37H2,1-5H3. The SMILES string of the molecule is CCC(CC(C)c1cc(-c2ccc3c(c2)c2ccccc2n3-c2ccccc2)cc(-c2ccc3c(c2)c2ccccc2n3-c2ccccc2)c1)c1ccc(-c2nccn2-c2c(C)cc(C)cc2C)cc1. The van der Waals surface area contributed by atoms with Gasteiger partial charge in [0.05, 0.1) is 27.8 Å². The van der Waals surface area contributed by atoms with Crippen LogP contribution in [0.3, 0.4) is 0 Å². The topological polar surface area (TPSA) is 27.7 Å². The van der Waals surface area contributed by atoms with Crippen molar-refractivity contribution in [2.24, 2.45) is 0 Å². The van der Waals surface area contributed by atoms with Crippen LogP contribution in [0.2, 0.25) is 0 Å². The van der Waals surface area contributed by atoms with Gasteiger partial charge in [0.25, 0.3) is 0 Å². The van der Waals surface area contributed by atoms with Crippen molar-refractivity contribution < 1.29 is 0 Å². The fourth-order valence-corrected chi connectivity index (χ4v) is 11.5. The molecule has 12 aromatic rings. The molecule has 2 atom stereocenters. The van der Waals surface area contributed by atoms with Crippen LogP contribution in [0.15, 0.2) is 213 Å². The Hall–Kier alpha value is -8.21. The predicted octanol–water partition coefficient (Wildman–Crippen LogP) is 17.7. The first-order valence-electron chi connectivity index (χ1n) is 24.9. The van der Waals surface area contributed by atoms with E-state index in [2.05, 4.69) is 255 Å². The molecule has 0 saturated heterocycles. The Balaban J connectivity index is 0.947. The summed E-state index contributed by atoms with van der Waals surface area (Å²) < 4.78 is 7.05. The summed E-state index contributed by atoms with van der Waals surface area (Å²) >= 11 is 0. The number of aryl methyl sites for hydroxylation is 3. The van der Waals surface area contributed by atoms with E-state index in [4.69, 9.17) is 4.98 Å². The van der Waals surface area contributed by atoms with Gasteiger partial charge in [-0.15, -0.1) is 0 Å². The van der Waals surface area contributed by atoms with Gasteiger partial charge in [0.15, 0.2) is 0 Å². The molecule has 12 rings (SSSR count). The van der Waals surface area contributed by atoms with Gasteiger partial charge in [0.2, 0.25) is 0 Å². The highest BCUT2D eigenvalue weighted by atomic mass is 15.1. The van der Waals surface area contributed by atoms with E-state index in [9.17, 15) is 0 Å². The summed E-state index contributed by atoms with van der Waals surface area (Å²) in [7, 11) is 0. The second-order valence-electron chi connectivity index (χ2n) is 19.4. The van der Waals surface area contributed by atoms with Crippen molar-refractivity contribution >= 4 is 43.6 Å². The molecule has 0 aliphatic rings. The van der Waals surface area contributed by atoms with Crippen LogP contribution in [0.1, 0.15) is 66.3 Å². The Kier molecular flexibility index (Phi) is 10.9. The molecule has 70 heavy (non-hydrogen) atoms. The second kappa shape index (κ2) is 17.7. The molecular weight excluding hydrogens is 849 g/mol. The summed E-state index contributed by atoms with van der Waals surface area (Å²) in [6.45, 7) is 11.3. The molecule has 0 saturated carbocycles. The number of imidazole rings is 1. The van der Waals surface area contributed by atoms with E-state index in [1.165, 1.54) is 111 Å². The first-order chi connectivity index (χ1) is 34.3. The largest absolute Gasteiger partial charge is 0.309 e. The second-order valence-corrected chi connectivity index (χ2v) is 19.4. The molecule has 0 aliphatic heterocycles. The van der Waals surface area contributed by atoms with Crippen molar-refractivity contribution in [3.05, 3.63) is 240 Å². The minimum atomic E-state index is 0.294. The fraction of sp³-hybridized carbons (Fsp3) is 0.136. The Morgan fingerprint density at radius 1 is 0.443 bits per heavy atom. The van der Waals surface area contributed by atoms with Crippen LogP contribution in [0, 0.1) is 20.8 Å². The molecule has 0 N–H and O–H groups in total. The van der Waals surface area contributed by atoms with Gasteiger partial charge in [-0.25, -0.2) is 4.98 Å². The summed E-state index contributed by atoms with van der Waals surface area (Å²) in [5, 5.41) is 5.03. The summed E-state index contributed by atoms with van der Waals surface area (Å²) in [5.41, 5.74) is 21.0. The number of aromatic nitrogens is 4. The van der Waals surface area contributed by atoms with Crippen LogP contribution in [-0.4, -0.2) is 18.7 Å². The normalized spacial score (nSPS) is 12.6. The molecule has 4 heteroatoms. The van der Waals surface area contributed by atoms with Crippen LogP contribution >= 0.6 is 0 Å². The van der Waals surface area contributed by atoms with Crippen molar-refractivity contribution in [1.29, 1.82) is 0 Å². The average Bonchev–Trinajstić information content (AvgIpc) is 4.11. The molecule has 3 heterocycles. The number of hydrogen-bond acceptors (Lipinski definition) is 1. The molecule has 2 unspecified atom stereocenters. The zero-order valence-corrected chi connectivity index (χ0v) is 40.6. The Labute approximate surface area is 410 Å². The van der Waals surface area contributed by atoms with E-state index in [0.29, 0.717) is 11.8 Å². The zero-order chi connectivity index (χ0) is 47.5. The van der Waals surface area contributed by atoms with Crippen LogP contribution in [0.25, 0.3) is 94.3 Å². The maximum Gasteiger partial charge on any atom is 0.144 e. The molecule has 0 fully saturated rings. The lowest BCUT2D eigenvalue weighted by molar-refractivity contribution is 0.545. The van der Waals surface area contributed by atoms with E-state index >= 15 is 0 Å². The van der Waals surface area contributed by atoms with Crippen molar-refractivity contribution in [2.75, 3.05) is 0 Å². The summed E-state index contributed by atoms with van der Waals surface area (Å²) in [4.78, 5) is 4.87. The number of fused-ring (bicyclic) bond motifs is 6. The number of nitrogens with zero attached hydrogens (tertiary/aromatic N) is 4. The number of hydrogen-bond donors (Lipinski definition) is 0. The molecule has 0 radical (unpaired) electrons. The lowest BCUT2D eigenvalue weighted by Gasteiger charge is -2.22.